The molecule has 0 aromatic carbocycles. The first kappa shape index (κ1) is 83.0. The van der Waals surface area contributed by atoms with Crippen molar-refractivity contribution in [3.63, 3.8) is 0 Å². The number of likely N-dealkylation sites (N-methyl/N-ethyl adjacent to an activating group) is 1. The molecule has 0 aliphatic carbocycles. The number of phosphoric acid groups is 1. The molecule has 0 heterocycles. The Morgan fingerprint density at radius 3 is 0.762 bits per heavy atom. The zero-order valence-electron chi connectivity index (χ0n) is 57.4. The Kier molecular flexibility index (Phi) is 65.6. The van der Waals surface area contributed by atoms with Gasteiger partial charge in [-0.3, -0.25) is 14.2 Å². The van der Waals surface area contributed by atoms with Crippen LogP contribution in [0.5, 0.6) is 0 Å². The number of carbonyl (C=O) groups is 2. The Balaban J connectivity index is 3.87. The Labute approximate surface area is 524 Å². The van der Waals surface area contributed by atoms with Gasteiger partial charge in [-0.05, 0) is 12.8 Å². The highest BCUT2D eigenvalue weighted by molar-refractivity contribution is 7.45. The molecule has 502 valence electrons. The summed E-state index contributed by atoms with van der Waals surface area (Å²) in [5.74, 6) is -0.803. The lowest BCUT2D eigenvalue weighted by molar-refractivity contribution is -0.870. The molecule has 2 atom stereocenters. The number of nitrogens with zero attached hydrogens (tertiary/aromatic N) is 1. The quantitative estimate of drug-likeness (QED) is 0.0256. The molecule has 0 aromatic rings. The maximum atomic E-state index is 12.9. The topological polar surface area (TPSA) is 111 Å². The molecule has 2 unspecified atom stereocenters. The highest BCUT2D eigenvalue weighted by Gasteiger charge is 2.22. The van der Waals surface area contributed by atoms with Crippen LogP contribution in [0.3, 0.4) is 0 Å². The molecule has 0 N–H and O–H groups in total. The largest absolute Gasteiger partial charge is 0.756 e. The first-order valence-electron chi connectivity index (χ1n) is 37.7. The van der Waals surface area contributed by atoms with Gasteiger partial charge in [0, 0.05) is 12.8 Å². The zero-order valence-corrected chi connectivity index (χ0v) is 58.3. The van der Waals surface area contributed by atoms with Crippen molar-refractivity contribution in [2.24, 2.45) is 0 Å². The average Bonchev–Trinajstić information content (AvgIpc) is 3.61. The molecule has 0 saturated heterocycles. The van der Waals surface area contributed by atoms with Crippen molar-refractivity contribution >= 4 is 19.8 Å². The van der Waals surface area contributed by atoms with Crippen LogP contribution >= 0.6 is 7.82 Å². The summed E-state index contributed by atoms with van der Waals surface area (Å²) >= 11 is 0. The first-order chi connectivity index (χ1) is 41.0. The lowest BCUT2D eigenvalue weighted by atomic mass is 10.0. The van der Waals surface area contributed by atoms with Crippen LogP contribution in [0.15, 0.2) is 0 Å². The van der Waals surface area contributed by atoms with Crippen molar-refractivity contribution in [2.45, 2.75) is 418 Å². The van der Waals surface area contributed by atoms with Crippen LogP contribution < -0.4 is 4.89 Å². The van der Waals surface area contributed by atoms with E-state index >= 15 is 0 Å². The van der Waals surface area contributed by atoms with Crippen molar-refractivity contribution in [3.8, 4) is 0 Å². The number of carbonyl (C=O) groups excluding carboxylic acids is 2. The molecular weight excluding hydrogens is 1060 g/mol. The van der Waals surface area contributed by atoms with Gasteiger partial charge in [0.15, 0.2) is 6.10 Å². The smallest absolute Gasteiger partial charge is 0.306 e. The summed E-state index contributed by atoms with van der Waals surface area (Å²) in [6.45, 7) is 4.34. The molecule has 0 rings (SSSR count). The third-order valence-electron chi connectivity index (χ3n) is 17.6. The Hall–Kier alpha value is -0.990. The molecule has 0 aromatic heterocycles. The minimum Gasteiger partial charge on any atom is -0.756 e. The van der Waals surface area contributed by atoms with E-state index in [9.17, 15) is 19.0 Å². The van der Waals surface area contributed by atoms with Crippen LogP contribution in [-0.4, -0.2) is 70.0 Å². The fourth-order valence-electron chi connectivity index (χ4n) is 11.8. The second kappa shape index (κ2) is 66.4. The fraction of sp³-hybridized carbons (Fsp3) is 0.973. The summed E-state index contributed by atoms with van der Waals surface area (Å²) in [7, 11) is 1.20. The summed E-state index contributed by atoms with van der Waals surface area (Å²) in [6, 6.07) is 0. The lowest BCUT2D eigenvalue weighted by Gasteiger charge is -2.28. The normalized spacial score (nSPS) is 13.0. The van der Waals surface area contributed by atoms with E-state index in [-0.39, 0.29) is 32.0 Å². The molecular formula is C74H148NO8P. The van der Waals surface area contributed by atoms with Gasteiger partial charge in [0.25, 0.3) is 7.82 Å². The van der Waals surface area contributed by atoms with Gasteiger partial charge in [-0.15, -0.1) is 0 Å². The van der Waals surface area contributed by atoms with Crippen molar-refractivity contribution < 1.29 is 42.1 Å². The summed E-state index contributed by atoms with van der Waals surface area (Å²) in [5, 5.41) is 0. The van der Waals surface area contributed by atoms with Crippen LogP contribution in [0.4, 0.5) is 0 Å². The molecule has 0 amide bonds. The number of hydrogen-bond donors (Lipinski definition) is 0. The molecule has 0 fully saturated rings. The first-order valence-corrected chi connectivity index (χ1v) is 39.2. The molecule has 0 aliphatic heterocycles. The predicted molar refractivity (Wildman–Crippen MR) is 361 cm³/mol. The van der Waals surface area contributed by atoms with Crippen molar-refractivity contribution in [3.05, 3.63) is 0 Å². The lowest BCUT2D eigenvalue weighted by Crippen LogP contribution is -2.37. The van der Waals surface area contributed by atoms with Gasteiger partial charge in [-0.25, -0.2) is 0 Å². The van der Waals surface area contributed by atoms with Gasteiger partial charge in [-0.1, -0.05) is 386 Å². The van der Waals surface area contributed by atoms with Gasteiger partial charge >= 0.3 is 11.9 Å². The molecule has 84 heavy (non-hydrogen) atoms. The maximum Gasteiger partial charge on any atom is 0.306 e. The second-order valence-electron chi connectivity index (χ2n) is 27.4. The third kappa shape index (κ3) is 70.1. The zero-order chi connectivity index (χ0) is 61.2. The van der Waals surface area contributed by atoms with E-state index in [0.29, 0.717) is 17.4 Å². The van der Waals surface area contributed by atoms with E-state index in [2.05, 4.69) is 13.8 Å². The molecule has 0 aliphatic rings. The molecule has 10 heteroatoms. The highest BCUT2D eigenvalue weighted by atomic mass is 31.2. The summed E-state index contributed by atoms with van der Waals surface area (Å²) in [5.41, 5.74) is 0. The van der Waals surface area contributed by atoms with E-state index < -0.39 is 26.5 Å². The van der Waals surface area contributed by atoms with Crippen molar-refractivity contribution in [1.82, 2.24) is 0 Å². The van der Waals surface area contributed by atoms with Crippen LogP contribution in [-0.2, 0) is 32.7 Å². The Morgan fingerprint density at radius 2 is 0.536 bits per heavy atom. The van der Waals surface area contributed by atoms with Gasteiger partial charge in [0.05, 0.1) is 27.7 Å². The van der Waals surface area contributed by atoms with Gasteiger partial charge in [0.2, 0.25) is 0 Å². The molecule has 0 saturated carbocycles. The van der Waals surface area contributed by atoms with Gasteiger partial charge < -0.3 is 27.9 Å². The molecule has 9 nitrogen and oxygen atoms in total. The molecule has 0 radical (unpaired) electrons. The number of rotatable bonds is 72. The minimum absolute atomic E-state index is 0.0248. The van der Waals surface area contributed by atoms with Crippen LogP contribution in [0.2, 0.25) is 0 Å². The summed E-state index contributed by atoms with van der Waals surface area (Å²) in [4.78, 5) is 38.1. The number of unbranched alkanes of at least 4 members (excludes halogenated alkanes) is 58. The van der Waals surface area contributed by atoms with E-state index in [1.807, 2.05) is 21.1 Å². The van der Waals surface area contributed by atoms with E-state index in [1.54, 1.807) is 0 Å². The highest BCUT2D eigenvalue weighted by Crippen LogP contribution is 2.38. The van der Waals surface area contributed by atoms with Gasteiger partial charge in [0.1, 0.15) is 19.8 Å². The maximum absolute atomic E-state index is 12.9. The second-order valence-corrected chi connectivity index (χ2v) is 28.8. The van der Waals surface area contributed by atoms with Gasteiger partial charge in [-0.2, -0.15) is 0 Å². The summed E-state index contributed by atoms with van der Waals surface area (Å²) < 4.78 is 34.4. The number of esters is 2. The average molecular weight is 1210 g/mol. The third-order valence-corrected chi connectivity index (χ3v) is 18.6. The fourth-order valence-corrected chi connectivity index (χ4v) is 12.6. The Bertz CT molecular complexity index is 1370. The Morgan fingerprint density at radius 1 is 0.321 bits per heavy atom. The van der Waals surface area contributed by atoms with Crippen molar-refractivity contribution in [1.29, 1.82) is 0 Å². The van der Waals surface area contributed by atoms with Crippen LogP contribution in [0.1, 0.15) is 412 Å². The van der Waals surface area contributed by atoms with E-state index in [1.165, 1.54) is 347 Å². The standard InChI is InChI=1S/C74H148NO8P/c1-6-8-10-12-14-16-18-20-22-24-26-28-30-31-32-33-34-35-36-37-38-39-40-41-42-43-44-45-47-49-51-53-55-57-59-61-63-65-67-74(77)83-72(71-82-84(78,79)81-69-68-75(3,4)5)70-80-73(76)66-64-62-60-58-56-54-52-50-48-46-29-27-25-23-21-19-17-15-13-11-9-7-2/h72H,6-71H2,1-5H3. The monoisotopic (exact) mass is 1210 g/mol. The van der Waals surface area contributed by atoms with Crippen LogP contribution in [0.25, 0.3) is 0 Å². The number of phosphoric ester groups is 1. The number of hydrogen-bond acceptors (Lipinski definition) is 8. The SMILES string of the molecule is CCCCCCCCCCCCCCCCCCCCCCCCCCCCCCCCCCCCCCCCC(=O)OC(COC(=O)CCCCCCCCCCCCCCCCCCCCCCCC)COP(=O)([O-])OCC[N+](C)(C)C. The predicted octanol–water partition coefficient (Wildman–Crippen LogP) is 23.9. The minimum atomic E-state index is -4.63. The molecule has 0 spiro atoms. The molecule has 0 bridgehead atoms. The van der Waals surface area contributed by atoms with Crippen LogP contribution in [0, 0.1) is 0 Å². The van der Waals surface area contributed by atoms with Crippen molar-refractivity contribution in [2.75, 3.05) is 47.5 Å². The summed E-state index contributed by atoms with van der Waals surface area (Å²) in [6.07, 6.45) is 80.8. The van der Waals surface area contributed by atoms with E-state index in [4.69, 9.17) is 18.5 Å². The number of quaternary nitrogens is 1. The number of ether oxygens (including phenoxy) is 2. The van der Waals surface area contributed by atoms with E-state index in [0.717, 1.165) is 32.1 Å².